The molecule has 8 heteroatoms. The maximum Gasteiger partial charge on any atom is 0.266 e. The molecule has 0 aromatic heterocycles. The van der Waals surface area contributed by atoms with Crippen LogP contribution in [0.25, 0.3) is 6.08 Å². The lowest BCUT2D eigenvalue weighted by molar-refractivity contribution is -0.112. The molecule has 0 aliphatic heterocycles. The predicted molar refractivity (Wildman–Crippen MR) is 127 cm³/mol. The number of anilines is 1. The Morgan fingerprint density at radius 2 is 1.69 bits per heavy atom. The van der Waals surface area contributed by atoms with Crippen LogP contribution in [0.2, 0.25) is 15.1 Å². The SMILES string of the molecule is COc1ccc(Cl)cc1NC(=O)/C(C#N)=C/c1cc(Cl)ccc1OCc1cccc(Cl)c1. The zero-order valence-electron chi connectivity index (χ0n) is 16.9. The Morgan fingerprint density at radius 1 is 1.00 bits per heavy atom. The molecule has 0 aliphatic carbocycles. The first-order valence-electron chi connectivity index (χ1n) is 9.33. The molecule has 0 saturated heterocycles. The van der Waals surface area contributed by atoms with Gasteiger partial charge < -0.3 is 14.8 Å². The molecular formula is C24H17Cl3N2O3. The summed E-state index contributed by atoms with van der Waals surface area (Å²) in [5.41, 5.74) is 1.54. The largest absolute Gasteiger partial charge is 0.495 e. The van der Waals surface area contributed by atoms with Crippen LogP contribution in [0, 0.1) is 11.3 Å². The Bertz CT molecular complexity index is 1220. The number of nitrogens with zero attached hydrogens (tertiary/aromatic N) is 1. The van der Waals surface area contributed by atoms with E-state index in [2.05, 4.69) is 5.32 Å². The number of halogens is 3. The lowest BCUT2D eigenvalue weighted by Crippen LogP contribution is -2.14. The fourth-order valence-electron chi connectivity index (χ4n) is 2.82. The second-order valence-electron chi connectivity index (χ2n) is 6.57. The Labute approximate surface area is 200 Å². The number of nitriles is 1. The first-order valence-corrected chi connectivity index (χ1v) is 10.5. The second-order valence-corrected chi connectivity index (χ2v) is 7.88. The van der Waals surface area contributed by atoms with Gasteiger partial charge in [0.15, 0.2) is 0 Å². The van der Waals surface area contributed by atoms with Gasteiger partial charge >= 0.3 is 0 Å². The van der Waals surface area contributed by atoms with Gasteiger partial charge in [0.25, 0.3) is 5.91 Å². The minimum Gasteiger partial charge on any atom is -0.495 e. The molecular weight excluding hydrogens is 471 g/mol. The first kappa shape index (κ1) is 23.5. The molecule has 5 nitrogen and oxygen atoms in total. The van der Waals surface area contributed by atoms with Crippen molar-refractivity contribution in [1.82, 2.24) is 0 Å². The number of benzene rings is 3. The van der Waals surface area contributed by atoms with Crippen LogP contribution in [0.1, 0.15) is 11.1 Å². The summed E-state index contributed by atoms with van der Waals surface area (Å²) in [6.07, 6.45) is 1.41. The van der Waals surface area contributed by atoms with Crippen LogP contribution in [-0.4, -0.2) is 13.0 Å². The molecule has 0 bridgehead atoms. The highest BCUT2D eigenvalue weighted by molar-refractivity contribution is 6.31. The highest BCUT2D eigenvalue weighted by atomic mass is 35.5. The molecule has 32 heavy (non-hydrogen) atoms. The topological polar surface area (TPSA) is 71.3 Å². The zero-order chi connectivity index (χ0) is 23.1. The summed E-state index contributed by atoms with van der Waals surface area (Å²) in [6, 6.07) is 18.9. The molecule has 3 aromatic rings. The van der Waals surface area contributed by atoms with Gasteiger partial charge in [-0.1, -0.05) is 46.9 Å². The molecule has 0 aliphatic rings. The van der Waals surface area contributed by atoms with E-state index in [1.165, 1.54) is 19.3 Å². The van der Waals surface area contributed by atoms with Crippen LogP contribution in [-0.2, 0) is 11.4 Å². The van der Waals surface area contributed by atoms with Gasteiger partial charge in [-0.25, -0.2) is 0 Å². The van der Waals surface area contributed by atoms with Crippen molar-refractivity contribution >= 4 is 52.5 Å². The number of nitrogens with one attached hydrogen (secondary N) is 1. The Kier molecular flexibility index (Phi) is 8.02. The van der Waals surface area contributed by atoms with Crippen LogP contribution in [0.3, 0.4) is 0 Å². The minimum atomic E-state index is -0.631. The van der Waals surface area contributed by atoms with Gasteiger partial charge in [-0.3, -0.25) is 4.79 Å². The van der Waals surface area contributed by atoms with E-state index in [1.54, 1.807) is 42.5 Å². The van der Waals surface area contributed by atoms with Gasteiger partial charge in [0.1, 0.15) is 29.7 Å². The monoisotopic (exact) mass is 486 g/mol. The van der Waals surface area contributed by atoms with Crippen LogP contribution in [0.5, 0.6) is 11.5 Å². The standard InChI is InChI=1S/C24H17Cl3N2O3/c1-31-23-8-6-20(27)12-21(23)29-24(30)17(13-28)10-16-11-19(26)5-7-22(16)32-14-15-3-2-4-18(25)9-15/h2-12H,14H2,1H3,(H,29,30)/b17-10+. The highest BCUT2D eigenvalue weighted by Gasteiger charge is 2.15. The van der Waals surface area contributed by atoms with E-state index in [9.17, 15) is 10.1 Å². The third-order valence-electron chi connectivity index (χ3n) is 4.33. The van der Waals surface area contributed by atoms with Gasteiger partial charge in [0.2, 0.25) is 0 Å². The maximum absolute atomic E-state index is 12.8. The summed E-state index contributed by atoms with van der Waals surface area (Å²) >= 11 is 18.2. The third kappa shape index (κ3) is 6.18. The average molecular weight is 488 g/mol. The predicted octanol–water partition coefficient (Wildman–Crippen LogP) is 6.78. The third-order valence-corrected chi connectivity index (χ3v) is 5.04. The number of ether oxygens (including phenoxy) is 2. The lowest BCUT2D eigenvalue weighted by atomic mass is 10.1. The van der Waals surface area contributed by atoms with Crippen molar-refractivity contribution < 1.29 is 14.3 Å². The van der Waals surface area contributed by atoms with Gasteiger partial charge in [-0.2, -0.15) is 5.26 Å². The first-order chi connectivity index (χ1) is 15.4. The van der Waals surface area contributed by atoms with Crippen molar-refractivity contribution in [3.8, 4) is 17.6 Å². The summed E-state index contributed by atoms with van der Waals surface area (Å²) in [5, 5.41) is 13.7. The molecule has 3 rings (SSSR count). The van der Waals surface area contributed by atoms with E-state index in [0.29, 0.717) is 37.8 Å². The molecule has 3 aromatic carbocycles. The van der Waals surface area contributed by atoms with E-state index >= 15 is 0 Å². The minimum absolute atomic E-state index is 0.151. The van der Waals surface area contributed by atoms with Crippen molar-refractivity contribution in [1.29, 1.82) is 5.26 Å². The number of rotatable bonds is 7. The summed E-state index contributed by atoms with van der Waals surface area (Å²) in [7, 11) is 1.47. The number of carbonyl (C=O) groups excluding carboxylic acids is 1. The van der Waals surface area contributed by atoms with Gasteiger partial charge in [0.05, 0.1) is 12.8 Å². The smallest absolute Gasteiger partial charge is 0.266 e. The molecule has 0 saturated carbocycles. The Hall–Kier alpha value is -3.17. The number of amides is 1. The van der Waals surface area contributed by atoms with Gasteiger partial charge in [-0.05, 0) is 60.2 Å². The van der Waals surface area contributed by atoms with Crippen molar-refractivity contribution in [3.05, 3.63) is 92.4 Å². The molecule has 0 heterocycles. The van der Waals surface area contributed by atoms with Crippen LogP contribution in [0.4, 0.5) is 5.69 Å². The van der Waals surface area contributed by atoms with Crippen LogP contribution >= 0.6 is 34.8 Å². The fourth-order valence-corrected chi connectivity index (χ4v) is 3.39. The van der Waals surface area contributed by atoms with Crippen molar-refractivity contribution in [3.63, 3.8) is 0 Å². The molecule has 0 unspecified atom stereocenters. The van der Waals surface area contributed by atoms with E-state index in [4.69, 9.17) is 44.3 Å². The zero-order valence-corrected chi connectivity index (χ0v) is 19.1. The Balaban J connectivity index is 1.86. The van der Waals surface area contributed by atoms with E-state index in [1.807, 2.05) is 18.2 Å². The number of hydrogen-bond acceptors (Lipinski definition) is 4. The lowest BCUT2D eigenvalue weighted by Gasteiger charge is -2.12. The van der Waals surface area contributed by atoms with Crippen LogP contribution in [0.15, 0.2) is 66.2 Å². The number of hydrogen-bond donors (Lipinski definition) is 1. The molecule has 0 radical (unpaired) electrons. The molecule has 0 fully saturated rings. The molecule has 0 spiro atoms. The summed E-state index contributed by atoms with van der Waals surface area (Å²) in [6.45, 7) is 0.247. The normalized spacial score (nSPS) is 10.9. The summed E-state index contributed by atoms with van der Waals surface area (Å²) in [5.74, 6) is 0.234. The molecule has 1 amide bonds. The second kappa shape index (κ2) is 10.9. The van der Waals surface area contributed by atoms with Crippen molar-refractivity contribution in [2.45, 2.75) is 6.61 Å². The number of methoxy groups -OCH3 is 1. The summed E-state index contributed by atoms with van der Waals surface area (Å²) < 4.78 is 11.1. The molecule has 162 valence electrons. The van der Waals surface area contributed by atoms with E-state index in [0.717, 1.165) is 5.56 Å². The van der Waals surface area contributed by atoms with E-state index in [-0.39, 0.29) is 12.2 Å². The molecule has 0 atom stereocenters. The highest BCUT2D eigenvalue weighted by Crippen LogP contribution is 2.29. The maximum atomic E-state index is 12.8. The van der Waals surface area contributed by atoms with Crippen molar-refractivity contribution in [2.75, 3.05) is 12.4 Å². The van der Waals surface area contributed by atoms with Gasteiger partial charge in [-0.15, -0.1) is 0 Å². The van der Waals surface area contributed by atoms with Gasteiger partial charge in [0, 0.05) is 20.6 Å². The molecule has 1 N–H and O–H groups in total. The van der Waals surface area contributed by atoms with Crippen molar-refractivity contribution in [2.24, 2.45) is 0 Å². The Morgan fingerprint density at radius 3 is 2.38 bits per heavy atom. The number of carbonyl (C=O) groups is 1. The quantitative estimate of drug-likeness (QED) is 0.294. The van der Waals surface area contributed by atoms with Crippen LogP contribution < -0.4 is 14.8 Å². The van der Waals surface area contributed by atoms with E-state index < -0.39 is 5.91 Å². The summed E-state index contributed by atoms with van der Waals surface area (Å²) in [4.78, 5) is 12.8. The fraction of sp³-hybridized carbons (Fsp3) is 0.0833. The average Bonchev–Trinajstić information content (AvgIpc) is 2.77.